The zero-order valence-corrected chi connectivity index (χ0v) is 11.9. The molecule has 18 heavy (non-hydrogen) atoms. The molecule has 0 radical (unpaired) electrons. The van der Waals surface area contributed by atoms with Crippen LogP contribution in [0.4, 0.5) is 4.39 Å². The maximum Gasteiger partial charge on any atom is 0.129 e. The van der Waals surface area contributed by atoms with Gasteiger partial charge in [-0.15, -0.1) is 0 Å². The topological polar surface area (TPSA) is 12.0 Å². The van der Waals surface area contributed by atoms with Crippen molar-refractivity contribution in [2.24, 2.45) is 5.41 Å². The molecule has 0 amide bonds. The molecular formula is C15H21ClFN. The molecule has 1 saturated carbocycles. The molecule has 0 heterocycles. The quantitative estimate of drug-likeness (QED) is 0.838. The van der Waals surface area contributed by atoms with Crippen LogP contribution >= 0.6 is 11.6 Å². The maximum absolute atomic E-state index is 14.1. The van der Waals surface area contributed by atoms with Gasteiger partial charge in [-0.1, -0.05) is 43.9 Å². The Hall–Kier alpha value is -0.600. The highest BCUT2D eigenvalue weighted by atomic mass is 35.5. The Balaban J connectivity index is 2.32. The minimum atomic E-state index is -0.200. The molecule has 1 aromatic rings. The Morgan fingerprint density at radius 3 is 2.50 bits per heavy atom. The van der Waals surface area contributed by atoms with Gasteiger partial charge in [0.2, 0.25) is 0 Å². The molecule has 0 bridgehead atoms. The number of nitrogens with one attached hydrogen (secondary N) is 1. The van der Waals surface area contributed by atoms with Crippen LogP contribution in [0.3, 0.4) is 0 Å². The predicted molar refractivity (Wildman–Crippen MR) is 74.4 cm³/mol. The van der Waals surface area contributed by atoms with Crippen molar-refractivity contribution in [1.29, 1.82) is 0 Å². The summed E-state index contributed by atoms with van der Waals surface area (Å²) in [7, 11) is 1.92. The smallest absolute Gasteiger partial charge is 0.129 e. The summed E-state index contributed by atoms with van der Waals surface area (Å²) in [5, 5.41) is 3.76. The molecule has 1 fully saturated rings. The Morgan fingerprint density at radius 1 is 1.28 bits per heavy atom. The Bertz CT molecular complexity index is 413. The fourth-order valence-corrected chi connectivity index (χ4v) is 3.42. The normalized spacial score (nSPS) is 20.7. The van der Waals surface area contributed by atoms with Gasteiger partial charge >= 0.3 is 0 Å². The highest BCUT2D eigenvalue weighted by Gasteiger charge is 2.36. The molecule has 100 valence electrons. The first-order valence-corrected chi connectivity index (χ1v) is 7.07. The van der Waals surface area contributed by atoms with Crippen molar-refractivity contribution >= 4 is 11.6 Å². The summed E-state index contributed by atoms with van der Waals surface area (Å²) in [6.07, 6.45) is 6.09. The van der Waals surface area contributed by atoms with Gasteiger partial charge in [-0.2, -0.15) is 0 Å². The molecule has 0 saturated heterocycles. The lowest BCUT2D eigenvalue weighted by molar-refractivity contribution is 0.148. The van der Waals surface area contributed by atoms with Crippen LogP contribution in [0.2, 0.25) is 5.02 Å². The minimum Gasteiger partial charge on any atom is -0.312 e. The van der Waals surface area contributed by atoms with Crippen LogP contribution < -0.4 is 5.32 Å². The molecule has 0 spiro atoms. The third-order valence-corrected chi connectivity index (χ3v) is 4.49. The Labute approximate surface area is 114 Å². The average molecular weight is 270 g/mol. The van der Waals surface area contributed by atoms with Crippen molar-refractivity contribution in [3.63, 3.8) is 0 Å². The SMILES string of the molecule is CNC(c1ccc(Cl)cc1F)C1(C)CCCCC1. The summed E-state index contributed by atoms with van der Waals surface area (Å²) in [6.45, 7) is 2.27. The fraction of sp³-hybridized carbons (Fsp3) is 0.600. The van der Waals surface area contributed by atoms with Crippen LogP contribution in [0.25, 0.3) is 0 Å². The number of hydrogen-bond donors (Lipinski definition) is 1. The maximum atomic E-state index is 14.1. The van der Waals surface area contributed by atoms with Crippen LogP contribution in [0.15, 0.2) is 18.2 Å². The van der Waals surface area contributed by atoms with Crippen molar-refractivity contribution in [2.45, 2.75) is 45.1 Å². The average Bonchev–Trinajstić information content (AvgIpc) is 2.33. The van der Waals surface area contributed by atoms with Gasteiger partial charge in [-0.25, -0.2) is 4.39 Å². The molecule has 3 heteroatoms. The summed E-state index contributed by atoms with van der Waals surface area (Å²) < 4.78 is 14.1. The van der Waals surface area contributed by atoms with Gasteiger partial charge < -0.3 is 5.32 Å². The van der Waals surface area contributed by atoms with E-state index >= 15 is 0 Å². The molecule has 1 aliphatic carbocycles. The standard InChI is InChI=1S/C15H21ClFN/c1-15(8-4-3-5-9-15)14(18-2)12-7-6-11(16)10-13(12)17/h6-7,10,14,18H,3-5,8-9H2,1-2H3. The molecule has 0 aliphatic heterocycles. The van der Waals surface area contributed by atoms with Gasteiger partial charge in [0, 0.05) is 16.6 Å². The highest BCUT2D eigenvalue weighted by Crippen LogP contribution is 2.46. The van der Waals surface area contributed by atoms with Crippen molar-refractivity contribution in [3.05, 3.63) is 34.6 Å². The first kappa shape index (κ1) is 13.8. The zero-order valence-electron chi connectivity index (χ0n) is 11.1. The molecule has 1 nitrogen and oxygen atoms in total. The van der Waals surface area contributed by atoms with Crippen LogP contribution in [0, 0.1) is 11.2 Å². The second-order valence-electron chi connectivity index (χ2n) is 5.60. The van der Waals surface area contributed by atoms with Crippen molar-refractivity contribution in [2.75, 3.05) is 7.05 Å². The molecule has 1 aromatic carbocycles. The van der Waals surface area contributed by atoms with E-state index in [1.807, 2.05) is 13.1 Å². The molecule has 2 rings (SSSR count). The summed E-state index contributed by atoms with van der Waals surface area (Å²) in [5.41, 5.74) is 0.882. The Kier molecular flexibility index (Phi) is 4.29. The van der Waals surface area contributed by atoms with Crippen molar-refractivity contribution < 1.29 is 4.39 Å². The van der Waals surface area contributed by atoms with Crippen molar-refractivity contribution in [1.82, 2.24) is 5.32 Å². The highest BCUT2D eigenvalue weighted by molar-refractivity contribution is 6.30. The van der Waals surface area contributed by atoms with Gasteiger partial charge in [-0.05, 0) is 37.4 Å². The number of benzene rings is 1. The van der Waals surface area contributed by atoms with E-state index in [1.54, 1.807) is 6.07 Å². The van der Waals surface area contributed by atoms with Crippen LogP contribution in [-0.2, 0) is 0 Å². The third-order valence-electron chi connectivity index (χ3n) is 4.25. The minimum absolute atomic E-state index is 0.0649. The van der Waals surface area contributed by atoms with E-state index in [1.165, 1.54) is 25.3 Å². The predicted octanol–water partition coefficient (Wildman–Crippen LogP) is 4.71. The number of halogens is 2. The van der Waals surface area contributed by atoms with Crippen LogP contribution in [0.5, 0.6) is 0 Å². The third kappa shape index (κ3) is 2.70. The van der Waals surface area contributed by atoms with Crippen LogP contribution in [-0.4, -0.2) is 7.05 Å². The zero-order chi connectivity index (χ0) is 13.2. The molecular weight excluding hydrogens is 249 g/mol. The van der Waals surface area contributed by atoms with Gasteiger partial charge in [0.05, 0.1) is 0 Å². The van der Waals surface area contributed by atoms with E-state index in [4.69, 9.17) is 11.6 Å². The van der Waals surface area contributed by atoms with E-state index in [0.717, 1.165) is 18.4 Å². The van der Waals surface area contributed by atoms with E-state index < -0.39 is 0 Å². The second-order valence-corrected chi connectivity index (χ2v) is 6.04. The number of hydrogen-bond acceptors (Lipinski definition) is 1. The first-order chi connectivity index (χ1) is 8.57. The molecule has 1 unspecified atom stereocenters. The van der Waals surface area contributed by atoms with Crippen LogP contribution in [0.1, 0.15) is 50.6 Å². The van der Waals surface area contributed by atoms with E-state index in [9.17, 15) is 4.39 Å². The molecule has 1 N–H and O–H groups in total. The summed E-state index contributed by atoms with van der Waals surface area (Å²) in [5.74, 6) is -0.200. The molecule has 1 aliphatic rings. The summed E-state index contributed by atoms with van der Waals surface area (Å²) in [6, 6.07) is 5.07. The fourth-order valence-electron chi connectivity index (χ4n) is 3.26. The second kappa shape index (κ2) is 5.58. The van der Waals surface area contributed by atoms with E-state index in [2.05, 4.69) is 12.2 Å². The first-order valence-electron chi connectivity index (χ1n) is 6.69. The lowest BCUT2D eigenvalue weighted by Gasteiger charge is -2.41. The van der Waals surface area contributed by atoms with Gasteiger partial charge in [0.15, 0.2) is 0 Å². The van der Waals surface area contributed by atoms with Gasteiger partial charge in [0.25, 0.3) is 0 Å². The number of rotatable bonds is 3. The van der Waals surface area contributed by atoms with E-state index in [0.29, 0.717) is 5.02 Å². The van der Waals surface area contributed by atoms with Gasteiger partial charge in [-0.3, -0.25) is 0 Å². The van der Waals surface area contributed by atoms with Gasteiger partial charge in [0.1, 0.15) is 5.82 Å². The summed E-state index contributed by atoms with van der Waals surface area (Å²) >= 11 is 5.82. The van der Waals surface area contributed by atoms with E-state index in [-0.39, 0.29) is 17.3 Å². The Morgan fingerprint density at radius 2 is 1.94 bits per heavy atom. The molecule has 1 atom stereocenters. The molecule has 0 aromatic heterocycles. The lowest BCUT2D eigenvalue weighted by Crippen LogP contribution is -2.36. The van der Waals surface area contributed by atoms with Crippen molar-refractivity contribution in [3.8, 4) is 0 Å². The largest absolute Gasteiger partial charge is 0.312 e. The summed E-state index contributed by atoms with van der Waals surface area (Å²) in [4.78, 5) is 0. The lowest BCUT2D eigenvalue weighted by atomic mass is 9.68. The monoisotopic (exact) mass is 269 g/mol.